The van der Waals surface area contributed by atoms with Crippen LogP contribution in [0.25, 0.3) is 22.6 Å². The number of oxazole rings is 1. The predicted octanol–water partition coefficient (Wildman–Crippen LogP) is 5.89. The van der Waals surface area contributed by atoms with Gasteiger partial charge in [-0.1, -0.05) is 26.0 Å². The van der Waals surface area contributed by atoms with E-state index >= 15 is 0 Å². The van der Waals surface area contributed by atoms with Crippen molar-refractivity contribution in [1.82, 2.24) is 4.98 Å². The summed E-state index contributed by atoms with van der Waals surface area (Å²) < 4.78 is 16.5. The molecule has 3 aromatic carbocycles. The quantitative estimate of drug-likeness (QED) is 0.424. The molecule has 0 fully saturated rings. The summed E-state index contributed by atoms with van der Waals surface area (Å²) in [5.74, 6) is 1.70. The molecule has 0 atom stereocenters. The molecule has 0 spiro atoms. The minimum atomic E-state index is -0.282. The fourth-order valence-corrected chi connectivity index (χ4v) is 3.34. The Bertz CT molecular complexity index is 1240. The summed E-state index contributed by atoms with van der Waals surface area (Å²) in [6, 6.07) is 18.5. The highest BCUT2D eigenvalue weighted by molar-refractivity contribution is 6.06. The summed E-state index contributed by atoms with van der Waals surface area (Å²) in [7, 11) is 3.08. The second-order valence-electron chi connectivity index (χ2n) is 7.50. The van der Waals surface area contributed by atoms with Gasteiger partial charge in [0.25, 0.3) is 5.91 Å². The first kappa shape index (κ1) is 20.5. The number of carbonyl (C=O) groups is 1. The molecule has 0 aliphatic carbocycles. The fourth-order valence-electron chi connectivity index (χ4n) is 3.34. The number of hydrogen-bond acceptors (Lipinski definition) is 5. The lowest BCUT2D eigenvalue weighted by Crippen LogP contribution is -2.13. The third kappa shape index (κ3) is 4.23. The number of amides is 1. The fraction of sp³-hybridized carbons (Fsp3) is 0.200. The van der Waals surface area contributed by atoms with E-state index in [1.165, 1.54) is 12.7 Å². The van der Waals surface area contributed by atoms with E-state index in [2.05, 4.69) is 36.3 Å². The maximum Gasteiger partial charge on any atom is 0.259 e. The number of hydrogen-bond donors (Lipinski definition) is 1. The van der Waals surface area contributed by atoms with Crippen LogP contribution in [-0.4, -0.2) is 25.1 Å². The number of nitrogens with one attached hydrogen (secondary N) is 1. The van der Waals surface area contributed by atoms with Crippen LogP contribution >= 0.6 is 0 Å². The number of nitrogens with zero attached hydrogens (tertiary/aromatic N) is 1. The predicted molar refractivity (Wildman–Crippen MR) is 121 cm³/mol. The van der Waals surface area contributed by atoms with E-state index in [1.54, 1.807) is 25.3 Å². The first-order valence-electron chi connectivity index (χ1n) is 10.0. The van der Waals surface area contributed by atoms with Gasteiger partial charge in [-0.2, -0.15) is 0 Å². The number of rotatable bonds is 6. The van der Waals surface area contributed by atoms with Crippen LogP contribution in [0.15, 0.2) is 65.1 Å². The highest BCUT2D eigenvalue weighted by atomic mass is 16.5. The second kappa shape index (κ2) is 8.52. The number of carbonyl (C=O) groups excluding carboxylic acids is 1. The number of benzene rings is 3. The van der Waals surface area contributed by atoms with E-state index in [0.29, 0.717) is 34.6 Å². The van der Waals surface area contributed by atoms with Gasteiger partial charge in [0.2, 0.25) is 5.89 Å². The molecule has 6 heteroatoms. The van der Waals surface area contributed by atoms with Gasteiger partial charge in [-0.15, -0.1) is 0 Å². The average Bonchev–Trinajstić information content (AvgIpc) is 3.22. The van der Waals surface area contributed by atoms with Crippen LogP contribution in [0.5, 0.6) is 11.5 Å². The highest BCUT2D eigenvalue weighted by Gasteiger charge is 2.15. The summed E-state index contributed by atoms with van der Waals surface area (Å²) in [5.41, 5.74) is 4.58. The molecule has 0 bridgehead atoms. The van der Waals surface area contributed by atoms with E-state index in [-0.39, 0.29) is 5.91 Å². The van der Waals surface area contributed by atoms with Gasteiger partial charge in [-0.3, -0.25) is 4.79 Å². The first-order valence-corrected chi connectivity index (χ1v) is 10.0. The van der Waals surface area contributed by atoms with Gasteiger partial charge < -0.3 is 19.2 Å². The Hall–Kier alpha value is -3.80. The number of fused-ring (bicyclic) bond motifs is 1. The topological polar surface area (TPSA) is 73.6 Å². The normalized spacial score (nSPS) is 11.0. The SMILES string of the molecule is COc1ccc(C(=O)Nc2cccc(-c3nc4cc(C(C)C)ccc4o3)c2)c(OC)c1. The third-order valence-corrected chi connectivity index (χ3v) is 5.10. The molecule has 4 rings (SSSR count). The molecule has 0 aliphatic rings. The molecule has 0 saturated heterocycles. The van der Waals surface area contributed by atoms with Crippen LogP contribution in [0.1, 0.15) is 35.7 Å². The van der Waals surface area contributed by atoms with Crippen molar-refractivity contribution in [2.75, 3.05) is 19.5 Å². The van der Waals surface area contributed by atoms with Gasteiger partial charge in [-0.25, -0.2) is 4.98 Å². The minimum absolute atomic E-state index is 0.282. The molecular weight excluding hydrogens is 392 g/mol. The standard InChI is InChI=1S/C25H24N2O4/c1-15(2)16-8-11-22-21(13-16)27-25(31-22)17-6-5-7-18(12-17)26-24(28)20-10-9-19(29-3)14-23(20)30-4/h5-15H,1-4H3,(H,26,28). The zero-order valence-corrected chi connectivity index (χ0v) is 17.9. The molecule has 0 unspecified atom stereocenters. The second-order valence-corrected chi connectivity index (χ2v) is 7.50. The lowest BCUT2D eigenvalue weighted by atomic mass is 10.0. The summed E-state index contributed by atoms with van der Waals surface area (Å²) in [6.07, 6.45) is 0. The van der Waals surface area contributed by atoms with Crippen molar-refractivity contribution >= 4 is 22.7 Å². The monoisotopic (exact) mass is 416 g/mol. The number of aromatic nitrogens is 1. The van der Waals surface area contributed by atoms with Crippen molar-refractivity contribution in [2.45, 2.75) is 19.8 Å². The maximum atomic E-state index is 12.8. The minimum Gasteiger partial charge on any atom is -0.497 e. The summed E-state index contributed by atoms with van der Waals surface area (Å²) in [6.45, 7) is 4.29. The Morgan fingerprint density at radius 3 is 2.58 bits per heavy atom. The molecule has 1 heterocycles. The zero-order valence-electron chi connectivity index (χ0n) is 17.9. The Morgan fingerprint density at radius 1 is 1.00 bits per heavy atom. The van der Waals surface area contributed by atoms with Crippen molar-refractivity contribution < 1.29 is 18.7 Å². The molecule has 0 aliphatic heterocycles. The van der Waals surface area contributed by atoms with Crippen molar-refractivity contribution in [3.63, 3.8) is 0 Å². The Labute approximate surface area is 180 Å². The van der Waals surface area contributed by atoms with Gasteiger partial charge in [0.1, 0.15) is 17.0 Å². The Morgan fingerprint density at radius 2 is 1.84 bits per heavy atom. The third-order valence-electron chi connectivity index (χ3n) is 5.10. The summed E-state index contributed by atoms with van der Waals surface area (Å²) in [5, 5.41) is 2.91. The number of ether oxygens (including phenoxy) is 2. The number of anilines is 1. The van der Waals surface area contributed by atoms with Crippen LogP contribution in [0.3, 0.4) is 0 Å². The molecule has 6 nitrogen and oxygen atoms in total. The molecule has 31 heavy (non-hydrogen) atoms. The summed E-state index contributed by atoms with van der Waals surface area (Å²) in [4.78, 5) is 17.5. The van der Waals surface area contributed by atoms with E-state index in [1.807, 2.05) is 30.3 Å². The van der Waals surface area contributed by atoms with E-state index in [9.17, 15) is 4.79 Å². The van der Waals surface area contributed by atoms with Gasteiger partial charge in [-0.05, 0) is 53.9 Å². The molecule has 1 amide bonds. The van der Waals surface area contributed by atoms with Crippen LogP contribution in [0, 0.1) is 0 Å². The van der Waals surface area contributed by atoms with Crippen LogP contribution < -0.4 is 14.8 Å². The summed E-state index contributed by atoms with van der Waals surface area (Å²) >= 11 is 0. The Kier molecular flexibility index (Phi) is 5.62. The smallest absolute Gasteiger partial charge is 0.259 e. The molecular formula is C25H24N2O4. The van der Waals surface area contributed by atoms with Gasteiger partial charge >= 0.3 is 0 Å². The van der Waals surface area contributed by atoms with Crippen molar-refractivity contribution in [3.05, 3.63) is 71.8 Å². The van der Waals surface area contributed by atoms with Crippen LogP contribution in [0.2, 0.25) is 0 Å². The van der Waals surface area contributed by atoms with E-state index < -0.39 is 0 Å². The lowest BCUT2D eigenvalue weighted by Gasteiger charge is -2.11. The van der Waals surface area contributed by atoms with Gasteiger partial charge in [0, 0.05) is 17.3 Å². The molecule has 4 aromatic rings. The van der Waals surface area contributed by atoms with Crippen molar-refractivity contribution in [3.8, 4) is 23.0 Å². The average molecular weight is 416 g/mol. The number of methoxy groups -OCH3 is 2. The van der Waals surface area contributed by atoms with Crippen LogP contribution in [0.4, 0.5) is 5.69 Å². The van der Waals surface area contributed by atoms with Gasteiger partial charge in [0.05, 0.1) is 19.8 Å². The van der Waals surface area contributed by atoms with Crippen molar-refractivity contribution in [2.24, 2.45) is 0 Å². The Balaban J connectivity index is 1.60. The maximum absolute atomic E-state index is 12.8. The van der Waals surface area contributed by atoms with Gasteiger partial charge in [0.15, 0.2) is 5.58 Å². The van der Waals surface area contributed by atoms with Crippen LogP contribution in [-0.2, 0) is 0 Å². The molecule has 1 aromatic heterocycles. The zero-order chi connectivity index (χ0) is 22.0. The largest absolute Gasteiger partial charge is 0.497 e. The highest BCUT2D eigenvalue weighted by Crippen LogP contribution is 2.29. The van der Waals surface area contributed by atoms with Crippen molar-refractivity contribution in [1.29, 1.82) is 0 Å². The lowest BCUT2D eigenvalue weighted by molar-refractivity contribution is 0.102. The van der Waals surface area contributed by atoms with E-state index in [4.69, 9.17) is 13.9 Å². The molecule has 1 N–H and O–H groups in total. The molecule has 0 radical (unpaired) electrons. The molecule has 0 saturated carbocycles. The van der Waals surface area contributed by atoms with E-state index in [0.717, 1.165) is 16.7 Å². The molecule has 158 valence electrons. The first-order chi connectivity index (χ1) is 15.0.